The molecule has 38 heavy (non-hydrogen) atoms. The van der Waals surface area contributed by atoms with Crippen LogP contribution in [-0.4, -0.2) is 65.2 Å². The Kier molecular flexibility index (Phi) is 12.0. The molecule has 9 heteroatoms. The molecule has 2 amide bonds. The van der Waals surface area contributed by atoms with E-state index in [2.05, 4.69) is 28.6 Å². The van der Waals surface area contributed by atoms with Gasteiger partial charge in [0.05, 0.1) is 18.8 Å². The van der Waals surface area contributed by atoms with E-state index in [1.807, 2.05) is 13.1 Å². The van der Waals surface area contributed by atoms with E-state index >= 15 is 0 Å². The number of nitrogens with zero attached hydrogens (tertiary/aromatic N) is 2. The number of aliphatic hydroxyl groups is 1. The highest BCUT2D eigenvalue weighted by Gasteiger charge is 2.23. The Hall–Kier alpha value is -3.04. The number of carbonyl (C=O) groups is 2. The van der Waals surface area contributed by atoms with Crippen molar-refractivity contribution in [2.24, 2.45) is 0 Å². The molecule has 2 aromatic rings. The summed E-state index contributed by atoms with van der Waals surface area (Å²) in [7, 11) is 0. The minimum atomic E-state index is -0.944. The van der Waals surface area contributed by atoms with Crippen LogP contribution in [0.4, 0.5) is 4.39 Å². The number of ether oxygens (including phenoxy) is 1. The van der Waals surface area contributed by atoms with Crippen molar-refractivity contribution in [2.45, 2.75) is 77.5 Å². The summed E-state index contributed by atoms with van der Waals surface area (Å²) in [5.41, 5.74) is 2.74. The molecule has 0 unspecified atom stereocenters. The number of rotatable bonds is 8. The Labute approximate surface area is 225 Å². The second kappa shape index (κ2) is 15.4. The third-order valence-corrected chi connectivity index (χ3v) is 6.64. The van der Waals surface area contributed by atoms with Crippen molar-refractivity contribution in [3.8, 4) is 5.75 Å². The largest absolute Gasteiger partial charge is 0.493 e. The topological polar surface area (TPSA) is 104 Å². The molecular weight excluding hydrogens is 487 g/mol. The molecule has 1 aromatic heterocycles. The fourth-order valence-electron chi connectivity index (χ4n) is 4.58. The van der Waals surface area contributed by atoms with Gasteiger partial charge in [-0.3, -0.25) is 14.6 Å². The highest BCUT2D eigenvalue weighted by molar-refractivity contribution is 5.84. The maximum atomic E-state index is 14.4. The van der Waals surface area contributed by atoms with Crippen LogP contribution < -0.4 is 15.4 Å². The van der Waals surface area contributed by atoms with Crippen LogP contribution in [0.5, 0.6) is 5.75 Å². The van der Waals surface area contributed by atoms with Crippen molar-refractivity contribution in [1.29, 1.82) is 0 Å². The van der Waals surface area contributed by atoms with Crippen LogP contribution in [-0.2, 0) is 29.0 Å². The molecule has 2 heterocycles. The molecule has 1 aliphatic heterocycles. The van der Waals surface area contributed by atoms with E-state index in [1.165, 1.54) is 12.1 Å². The van der Waals surface area contributed by atoms with Crippen molar-refractivity contribution < 1.29 is 23.8 Å². The number of amides is 2. The average Bonchev–Trinajstić information content (AvgIpc) is 2.90. The monoisotopic (exact) mass is 528 g/mol. The quantitative estimate of drug-likeness (QED) is 0.486. The van der Waals surface area contributed by atoms with Crippen LogP contribution in [0.3, 0.4) is 0 Å². The van der Waals surface area contributed by atoms with Crippen LogP contribution in [0.15, 0.2) is 36.7 Å². The number of benzene rings is 1. The van der Waals surface area contributed by atoms with Gasteiger partial charge in [0.1, 0.15) is 11.6 Å². The van der Waals surface area contributed by atoms with Crippen molar-refractivity contribution >= 4 is 11.8 Å². The Morgan fingerprint density at radius 2 is 1.97 bits per heavy atom. The molecule has 0 saturated carbocycles. The molecule has 0 saturated heterocycles. The van der Waals surface area contributed by atoms with E-state index in [0.29, 0.717) is 37.6 Å². The molecule has 0 radical (unpaired) electrons. The number of pyridine rings is 1. The predicted molar refractivity (Wildman–Crippen MR) is 144 cm³/mol. The first kappa shape index (κ1) is 29.5. The molecule has 208 valence electrons. The van der Waals surface area contributed by atoms with Crippen LogP contribution in [0.2, 0.25) is 0 Å². The Morgan fingerprint density at radius 1 is 1.16 bits per heavy atom. The maximum Gasteiger partial charge on any atom is 0.223 e. The van der Waals surface area contributed by atoms with Gasteiger partial charge >= 0.3 is 0 Å². The molecule has 0 aliphatic carbocycles. The highest BCUT2D eigenvalue weighted by atomic mass is 19.1. The molecule has 2 bridgehead atoms. The van der Waals surface area contributed by atoms with E-state index in [-0.39, 0.29) is 37.6 Å². The summed E-state index contributed by atoms with van der Waals surface area (Å²) in [5, 5.41) is 17.1. The van der Waals surface area contributed by atoms with Gasteiger partial charge in [0.15, 0.2) is 0 Å². The number of carbonyl (C=O) groups excluding carboxylic acids is 2. The second-order valence-electron chi connectivity index (χ2n) is 9.86. The second-order valence-corrected chi connectivity index (χ2v) is 9.86. The first-order valence-electron chi connectivity index (χ1n) is 13.7. The molecule has 1 aliphatic rings. The zero-order chi connectivity index (χ0) is 27.3. The van der Waals surface area contributed by atoms with E-state index in [4.69, 9.17) is 4.74 Å². The number of aryl methyl sites for hydroxylation is 1. The number of hydrogen-bond acceptors (Lipinski definition) is 6. The number of nitrogens with one attached hydrogen (secondary N) is 2. The summed E-state index contributed by atoms with van der Waals surface area (Å²) in [5.74, 6) is -0.392. The lowest BCUT2D eigenvalue weighted by Gasteiger charge is -2.26. The molecule has 3 N–H and O–H groups in total. The lowest BCUT2D eigenvalue weighted by molar-refractivity contribution is -0.134. The lowest BCUT2D eigenvalue weighted by atomic mass is 10.00. The molecule has 8 nitrogen and oxygen atoms in total. The molecule has 0 spiro atoms. The van der Waals surface area contributed by atoms with Gasteiger partial charge in [0.2, 0.25) is 11.8 Å². The van der Waals surface area contributed by atoms with Gasteiger partial charge in [0, 0.05) is 57.5 Å². The van der Waals surface area contributed by atoms with E-state index in [0.717, 1.165) is 36.8 Å². The zero-order valence-electron chi connectivity index (χ0n) is 22.5. The SMILES string of the molecule is CCCN1CCCCOc2cc(F)cc(c2)C[C@@H]([C@H](O)CNCc2cncc(CC)c2)NC(=O)CCC1=O. The molecular formula is C29H41FN4O4. The van der Waals surface area contributed by atoms with E-state index < -0.39 is 18.0 Å². The summed E-state index contributed by atoms with van der Waals surface area (Å²) >= 11 is 0. The van der Waals surface area contributed by atoms with Gasteiger partial charge in [0.25, 0.3) is 0 Å². The van der Waals surface area contributed by atoms with E-state index in [1.54, 1.807) is 17.2 Å². The Balaban J connectivity index is 1.72. The summed E-state index contributed by atoms with van der Waals surface area (Å²) in [4.78, 5) is 31.6. The van der Waals surface area contributed by atoms with Gasteiger partial charge < -0.3 is 25.4 Å². The van der Waals surface area contributed by atoms with Crippen molar-refractivity contribution in [2.75, 3.05) is 26.2 Å². The van der Waals surface area contributed by atoms with Gasteiger partial charge in [-0.15, -0.1) is 0 Å². The zero-order valence-corrected chi connectivity index (χ0v) is 22.5. The van der Waals surface area contributed by atoms with Gasteiger partial charge in [-0.05, 0) is 60.9 Å². The summed E-state index contributed by atoms with van der Waals surface area (Å²) in [6, 6.07) is 5.86. The van der Waals surface area contributed by atoms with Crippen molar-refractivity contribution in [1.82, 2.24) is 20.5 Å². The summed E-state index contributed by atoms with van der Waals surface area (Å²) < 4.78 is 20.2. The first-order chi connectivity index (χ1) is 18.4. The third kappa shape index (κ3) is 9.68. The predicted octanol–water partition coefficient (Wildman–Crippen LogP) is 3.15. The van der Waals surface area contributed by atoms with Crippen LogP contribution in [0.1, 0.15) is 62.6 Å². The van der Waals surface area contributed by atoms with E-state index in [9.17, 15) is 19.1 Å². The number of aliphatic hydroxyl groups excluding tert-OH is 1. The van der Waals surface area contributed by atoms with Gasteiger partial charge in [-0.25, -0.2) is 4.39 Å². The number of aromatic nitrogens is 1. The fourth-order valence-corrected chi connectivity index (χ4v) is 4.58. The lowest BCUT2D eigenvalue weighted by Crippen LogP contribution is -2.48. The van der Waals surface area contributed by atoms with Gasteiger partial charge in [-0.1, -0.05) is 19.9 Å². The van der Waals surface area contributed by atoms with Crippen LogP contribution in [0.25, 0.3) is 0 Å². The maximum absolute atomic E-state index is 14.4. The van der Waals surface area contributed by atoms with Gasteiger partial charge in [-0.2, -0.15) is 0 Å². The normalized spacial score (nSPS) is 18.5. The average molecular weight is 529 g/mol. The molecule has 2 atom stereocenters. The van der Waals surface area contributed by atoms with Crippen molar-refractivity contribution in [3.63, 3.8) is 0 Å². The highest BCUT2D eigenvalue weighted by Crippen LogP contribution is 2.19. The minimum absolute atomic E-state index is 0.0304. The molecule has 1 aromatic carbocycles. The third-order valence-electron chi connectivity index (χ3n) is 6.64. The van der Waals surface area contributed by atoms with Crippen LogP contribution >= 0.6 is 0 Å². The Morgan fingerprint density at radius 3 is 2.76 bits per heavy atom. The smallest absolute Gasteiger partial charge is 0.223 e. The van der Waals surface area contributed by atoms with Crippen LogP contribution in [0, 0.1) is 5.82 Å². The molecule has 3 rings (SSSR count). The van der Waals surface area contributed by atoms with Crippen molar-refractivity contribution in [3.05, 3.63) is 59.2 Å². The summed E-state index contributed by atoms with van der Waals surface area (Å²) in [6.07, 6.45) is 6.22. The minimum Gasteiger partial charge on any atom is -0.493 e. The summed E-state index contributed by atoms with van der Waals surface area (Å²) in [6.45, 7) is 6.45. The standard InChI is InChI=1S/C29H41FN4O4/c1-3-9-34-10-5-6-11-38-25-14-22(13-24(30)16-25)15-26(33-28(36)7-8-29(34)37)27(35)20-32-19-23-12-21(4-2)17-31-18-23/h12-14,16-18,26-27,32,35H,3-11,15,19-20H2,1-2H3,(H,33,36)/t26-,27+/m0/s1. The fraction of sp³-hybridized carbons (Fsp3) is 0.552. The molecule has 0 fully saturated rings. The Bertz CT molecular complexity index is 1050. The number of fused-ring (bicyclic) bond motifs is 2. The first-order valence-corrected chi connectivity index (χ1v) is 13.7. The number of halogens is 1. The number of hydrogen-bond donors (Lipinski definition) is 3.